The smallest absolute Gasteiger partial charge is 0.138 e. The number of hydrogen-bond donors (Lipinski definition) is 1. The predicted octanol–water partition coefficient (Wildman–Crippen LogP) is 2.79. The number of carbonyl (C=O) groups is 1. The molecule has 0 bridgehead atoms. The van der Waals surface area contributed by atoms with E-state index in [1.54, 1.807) is 0 Å². The highest BCUT2D eigenvalue weighted by Gasteiger charge is 2.54. The Balaban J connectivity index is 2.34. The number of hydrogen-bond acceptors (Lipinski definition) is 2. The molecule has 2 saturated carbocycles. The molecule has 2 aliphatic rings. The van der Waals surface area contributed by atoms with Crippen molar-refractivity contribution < 1.29 is 9.90 Å². The highest BCUT2D eigenvalue weighted by atomic mass is 16.3. The fraction of sp³-hybridized carbons (Fsp3) is 0.929. The molecule has 92 valence electrons. The van der Waals surface area contributed by atoms with Gasteiger partial charge in [0.1, 0.15) is 5.78 Å². The maximum atomic E-state index is 11.9. The quantitative estimate of drug-likeness (QED) is 0.743. The van der Waals surface area contributed by atoms with Crippen LogP contribution in [-0.2, 0) is 4.79 Å². The SMILES string of the molecule is CC1(C)CCC[C@]2(C)C(CO)C(=O)CC[C@@H]12. The molecule has 0 spiro atoms. The van der Waals surface area contributed by atoms with Gasteiger partial charge in [-0.2, -0.15) is 0 Å². The molecular formula is C14H24O2. The first-order valence-corrected chi connectivity index (χ1v) is 6.55. The molecule has 0 aromatic carbocycles. The monoisotopic (exact) mass is 224 g/mol. The average molecular weight is 224 g/mol. The van der Waals surface area contributed by atoms with E-state index in [9.17, 15) is 9.90 Å². The van der Waals surface area contributed by atoms with Crippen molar-refractivity contribution in [1.29, 1.82) is 0 Å². The summed E-state index contributed by atoms with van der Waals surface area (Å²) >= 11 is 0. The van der Waals surface area contributed by atoms with Gasteiger partial charge in [0.25, 0.3) is 0 Å². The van der Waals surface area contributed by atoms with Gasteiger partial charge in [-0.05, 0) is 36.0 Å². The Bertz CT molecular complexity index is 295. The molecule has 0 saturated heterocycles. The van der Waals surface area contributed by atoms with E-state index in [1.807, 2.05) is 0 Å². The van der Waals surface area contributed by atoms with Crippen LogP contribution >= 0.6 is 0 Å². The van der Waals surface area contributed by atoms with E-state index in [-0.39, 0.29) is 17.9 Å². The van der Waals surface area contributed by atoms with Gasteiger partial charge in [0.05, 0.1) is 6.61 Å². The second-order valence-electron chi connectivity index (χ2n) is 6.64. The summed E-state index contributed by atoms with van der Waals surface area (Å²) in [5, 5.41) is 9.51. The fourth-order valence-electron chi connectivity index (χ4n) is 4.44. The summed E-state index contributed by atoms with van der Waals surface area (Å²) in [5.41, 5.74) is 0.382. The van der Waals surface area contributed by atoms with Crippen LogP contribution in [0.1, 0.15) is 52.9 Å². The van der Waals surface area contributed by atoms with Crippen LogP contribution in [-0.4, -0.2) is 17.5 Å². The lowest BCUT2D eigenvalue weighted by atomic mass is 9.48. The normalized spacial score (nSPS) is 42.9. The van der Waals surface area contributed by atoms with Crippen LogP contribution in [0.5, 0.6) is 0 Å². The minimum Gasteiger partial charge on any atom is -0.396 e. The summed E-state index contributed by atoms with van der Waals surface area (Å²) < 4.78 is 0. The van der Waals surface area contributed by atoms with Crippen molar-refractivity contribution in [1.82, 2.24) is 0 Å². The lowest BCUT2D eigenvalue weighted by molar-refractivity contribution is -0.146. The van der Waals surface area contributed by atoms with E-state index in [2.05, 4.69) is 20.8 Å². The van der Waals surface area contributed by atoms with Crippen molar-refractivity contribution >= 4 is 5.78 Å². The lowest BCUT2D eigenvalue weighted by Gasteiger charge is -2.56. The fourth-order valence-corrected chi connectivity index (χ4v) is 4.44. The molecule has 3 atom stereocenters. The largest absolute Gasteiger partial charge is 0.396 e. The van der Waals surface area contributed by atoms with Crippen molar-refractivity contribution in [3.63, 3.8) is 0 Å². The Hall–Kier alpha value is -0.370. The Labute approximate surface area is 98.4 Å². The molecule has 2 aliphatic carbocycles. The molecule has 0 aliphatic heterocycles. The van der Waals surface area contributed by atoms with Crippen LogP contribution in [0.2, 0.25) is 0 Å². The number of carbonyl (C=O) groups excluding carboxylic acids is 1. The van der Waals surface area contributed by atoms with E-state index in [1.165, 1.54) is 12.8 Å². The first kappa shape index (κ1) is 12.1. The molecule has 2 fully saturated rings. The summed E-state index contributed by atoms with van der Waals surface area (Å²) in [7, 11) is 0. The van der Waals surface area contributed by atoms with Crippen LogP contribution < -0.4 is 0 Å². The first-order chi connectivity index (χ1) is 7.42. The van der Waals surface area contributed by atoms with Crippen LogP contribution in [0.25, 0.3) is 0 Å². The van der Waals surface area contributed by atoms with Crippen LogP contribution in [0.15, 0.2) is 0 Å². The minimum absolute atomic E-state index is 0.0436. The molecule has 0 aromatic heterocycles. The molecule has 0 radical (unpaired) electrons. The van der Waals surface area contributed by atoms with Gasteiger partial charge in [0, 0.05) is 12.3 Å². The average Bonchev–Trinajstić information content (AvgIpc) is 2.15. The maximum Gasteiger partial charge on any atom is 0.138 e. The summed E-state index contributed by atoms with van der Waals surface area (Å²) in [6.45, 7) is 6.94. The summed E-state index contributed by atoms with van der Waals surface area (Å²) in [6, 6.07) is 0. The highest BCUT2D eigenvalue weighted by Crippen LogP contribution is 2.58. The molecule has 1 unspecified atom stereocenters. The molecule has 0 amide bonds. The van der Waals surface area contributed by atoms with Crippen molar-refractivity contribution in [2.45, 2.75) is 52.9 Å². The van der Waals surface area contributed by atoms with E-state index < -0.39 is 0 Å². The Kier molecular flexibility index (Phi) is 2.90. The topological polar surface area (TPSA) is 37.3 Å². The number of fused-ring (bicyclic) bond motifs is 1. The van der Waals surface area contributed by atoms with Gasteiger partial charge >= 0.3 is 0 Å². The van der Waals surface area contributed by atoms with Crippen molar-refractivity contribution in [3.8, 4) is 0 Å². The van der Waals surface area contributed by atoms with E-state index in [4.69, 9.17) is 0 Å². The Morgan fingerprint density at radius 3 is 2.62 bits per heavy atom. The van der Waals surface area contributed by atoms with Gasteiger partial charge in [0.15, 0.2) is 0 Å². The molecule has 16 heavy (non-hydrogen) atoms. The van der Waals surface area contributed by atoms with Crippen molar-refractivity contribution in [2.24, 2.45) is 22.7 Å². The van der Waals surface area contributed by atoms with E-state index in [0.717, 1.165) is 12.8 Å². The summed E-state index contributed by atoms with van der Waals surface area (Å²) in [6.07, 6.45) is 5.27. The van der Waals surface area contributed by atoms with Gasteiger partial charge in [-0.15, -0.1) is 0 Å². The lowest BCUT2D eigenvalue weighted by Crippen LogP contribution is -2.52. The predicted molar refractivity (Wildman–Crippen MR) is 64.0 cm³/mol. The minimum atomic E-state index is -0.106. The van der Waals surface area contributed by atoms with E-state index >= 15 is 0 Å². The zero-order chi connectivity index (χ0) is 12.0. The molecule has 2 heteroatoms. The third-order valence-electron chi connectivity index (χ3n) is 5.32. The van der Waals surface area contributed by atoms with E-state index in [0.29, 0.717) is 23.5 Å². The number of ketones is 1. The van der Waals surface area contributed by atoms with Gasteiger partial charge in [0.2, 0.25) is 0 Å². The standard InChI is InChI=1S/C14H24O2/c1-13(2)7-4-8-14(3)10(9-15)11(16)5-6-12(13)14/h10,12,15H,4-9H2,1-3H3/t10?,12-,14+/m0/s1. The number of Topliss-reactive ketones (excluding diaryl/α,β-unsaturated/α-hetero) is 1. The van der Waals surface area contributed by atoms with Crippen LogP contribution in [0.3, 0.4) is 0 Å². The Morgan fingerprint density at radius 1 is 1.31 bits per heavy atom. The Morgan fingerprint density at radius 2 is 2.00 bits per heavy atom. The zero-order valence-corrected chi connectivity index (χ0v) is 10.8. The molecular weight excluding hydrogens is 200 g/mol. The van der Waals surface area contributed by atoms with Gasteiger partial charge in [-0.3, -0.25) is 4.79 Å². The molecule has 0 aromatic rings. The van der Waals surface area contributed by atoms with Crippen molar-refractivity contribution in [3.05, 3.63) is 0 Å². The maximum absolute atomic E-state index is 11.9. The molecule has 2 rings (SSSR count). The highest BCUT2D eigenvalue weighted by molar-refractivity contribution is 5.83. The third-order valence-corrected chi connectivity index (χ3v) is 5.32. The molecule has 0 heterocycles. The second-order valence-corrected chi connectivity index (χ2v) is 6.64. The molecule has 2 nitrogen and oxygen atoms in total. The summed E-state index contributed by atoms with van der Waals surface area (Å²) in [5.74, 6) is 0.786. The van der Waals surface area contributed by atoms with Gasteiger partial charge in [-0.1, -0.05) is 27.2 Å². The first-order valence-electron chi connectivity index (χ1n) is 6.55. The second kappa shape index (κ2) is 3.83. The number of aliphatic hydroxyl groups excluding tert-OH is 1. The number of rotatable bonds is 1. The van der Waals surface area contributed by atoms with Gasteiger partial charge < -0.3 is 5.11 Å². The third kappa shape index (κ3) is 1.62. The van der Waals surface area contributed by atoms with Crippen LogP contribution in [0.4, 0.5) is 0 Å². The van der Waals surface area contributed by atoms with Crippen LogP contribution in [0, 0.1) is 22.7 Å². The zero-order valence-electron chi connectivity index (χ0n) is 10.8. The summed E-state index contributed by atoms with van der Waals surface area (Å²) in [4.78, 5) is 11.9. The molecule has 1 N–H and O–H groups in total. The number of aliphatic hydroxyl groups is 1. The van der Waals surface area contributed by atoms with Crippen molar-refractivity contribution in [2.75, 3.05) is 6.61 Å². The van der Waals surface area contributed by atoms with Gasteiger partial charge in [-0.25, -0.2) is 0 Å².